The Labute approximate surface area is 627 Å². The number of hydrogen-bond acceptors (Lipinski definition) is 25. The molecule has 35 heteroatoms. The van der Waals surface area contributed by atoms with E-state index in [-0.39, 0.29) is 30.5 Å². The van der Waals surface area contributed by atoms with Gasteiger partial charge in [-0.05, 0) is 66.7 Å². The number of carbonyl (C=O) groups excluding carboxylic acids is 10. The first-order chi connectivity index (χ1) is 50.9. The van der Waals surface area contributed by atoms with Crippen molar-refractivity contribution < 1.29 is 127 Å². The molecule has 35 nitrogen and oxygen atoms in total. The smallest absolute Gasteiger partial charge is 0.410 e. The molecular weight excluding hydrogens is 1420 g/mol. The van der Waals surface area contributed by atoms with Gasteiger partial charge in [0.1, 0.15) is 86.2 Å². The highest BCUT2D eigenvalue weighted by Crippen LogP contribution is 2.34. The minimum Gasteiger partial charge on any atom is -0.479 e. The number of carbonyl (C=O) groups is 11. The predicted octanol–water partition coefficient (Wildman–Crippen LogP) is -1.20. The number of amides is 10. The third-order valence-electron chi connectivity index (χ3n) is 20.1. The van der Waals surface area contributed by atoms with Crippen molar-refractivity contribution >= 4 is 70.9 Å². The summed E-state index contributed by atoms with van der Waals surface area (Å²) in [5.74, 6) is -10.7. The van der Waals surface area contributed by atoms with Gasteiger partial charge in [-0.3, -0.25) is 53.0 Å². The van der Waals surface area contributed by atoms with Crippen molar-refractivity contribution in [1.29, 1.82) is 0 Å². The maximum atomic E-state index is 15.0. The number of methoxy groups -OCH3 is 2. The summed E-state index contributed by atoms with van der Waals surface area (Å²) in [6.45, 7) is 14.8. The summed E-state index contributed by atoms with van der Waals surface area (Å²) in [5, 5.41) is 95.9. The van der Waals surface area contributed by atoms with Gasteiger partial charge in [-0.15, -0.1) is 0 Å². The van der Waals surface area contributed by atoms with Crippen molar-refractivity contribution in [1.82, 2.24) is 40.9 Å². The lowest BCUT2D eigenvalue weighted by Crippen LogP contribution is -2.61. The fraction of sp³-hybridized carbons (Fsp3) is 0.658. The molecule has 0 aromatic heterocycles. The molecule has 22 atom stereocenters. The van der Waals surface area contributed by atoms with Gasteiger partial charge in [0.05, 0.1) is 55.9 Å². The first kappa shape index (κ1) is 88.7. The monoisotopic (exact) mass is 1530 g/mol. The molecule has 6 rings (SSSR count). The van der Waals surface area contributed by atoms with Crippen LogP contribution in [0.2, 0.25) is 0 Å². The molecule has 0 bridgehead atoms. The van der Waals surface area contributed by atoms with Crippen molar-refractivity contribution in [3.63, 3.8) is 0 Å². The lowest BCUT2D eigenvalue weighted by atomic mass is 9.89. The number of rotatable bonds is 37. The normalized spacial score (nSPS) is 25.4. The van der Waals surface area contributed by atoms with E-state index in [1.54, 1.807) is 97.7 Å². The number of nitrogens with zero attached hydrogens (tertiary/aromatic N) is 4. The van der Waals surface area contributed by atoms with Crippen LogP contribution < -0.4 is 26.6 Å². The maximum absolute atomic E-state index is 15.0. The highest BCUT2D eigenvalue weighted by molar-refractivity contribution is 6.14. The quantitative estimate of drug-likeness (QED) is 0.0353. The minimum absolute atomic E-state index is 0.141. The number of nitrogens with one attached hydrogen (secondary N) is 5. The van der Waals surface area contributed by atoms with E-state index in [0.717, 1.165) is 17.1 Å². The number of imide groups is 1. The third-order valence-corrected chi connectivity index (χ3v) is 20.1. The van der Waals surface area contributed by atoms with Crippen LogP contribution in [0.15, 0.2) is 66.7 Å². The Hall–Kier alpha value is -8.17. The molecule has 3 saturated heterocycles. The molecule has 0 spiro atoms. The van der Waals surface area contributed by atoms with Crippen molar-refractivity contribution in [3.05, 3.63) is 77.9 Å². The molecule has 2 aromatic carbocycles. The summed E-state index contributed by atoms with van der Waals surface area (Å²) >= 11 is 0. The van der Waals surface area contributed by atoms with Crippen LogP contribution in [0.4, 0.5) is 10.5 Å². The van der Waals surface area contributed by atoms with Gasteiger partial charge < -0.3 is 110 Å². The molecule has 0 saturated carbocycles. The Kier molecular flexibility index (Phi) is 33.3. The average Bonchev–Trinajstić information content (AvgIpc) is 1.19. The zero-order valence-corrected chi connectivity index (χ0v) is 63.4. The number of likely N-dealkylation sites (tertiary alicyclic amines) is 1. The molecule has 108 heavy (non-hydrogen) atoms. The second kappa shape index (κ2) is 40.5. The van der Waals surface area contributed by atoms with Gasteiger partial charge in [0.2, 0.25) is 41.4 Å². The number of aliphatic hydroxyl groups is 7. The first-order valence-electron chi connectivity index (χ1n) is 36.1. The standard InChI is InChI=1S/C73H109N9O26/c1-15-38(8)55(46(102-13)30-51(87)81-29-19-22-45(81)62(103-14)39(9)65(94)74-40(10)63(42-20-17-16-18-21-42)107-72-61(93)58(90)59(91)64(108-72)70(99)100)79(11)69(98)53(36(4)5)78-68(97)54(37(6)7)80(12)73(101)105-33-41-23-25-43(26-24-41)75-66(95)44(34-104-71-60(92)57(89)56(88)47(32-83)106-71)76-67(96)52(35(2)3)77-48(84)31-82-49(85)27-28-50(82)86/h16-18,20-21,23-28,35-40,44-47,52-64,71-72,83,88-93H,15,19,22,29-34H2,1-14H3,(H,74,94)(H,75,95)(H,76,96)(H,77,84)(H,78,97)(H,99,100). The number of carboxylic acid groups (broad SMARTS) is 1. The SMILES string of the molecule is CCC(C)C(C(CC(=O)N1CCCC1C(OC)C(C)C(=O)NC(C)C(OC1OC(C(=O)O)C(O)C(O)C1O)c1ccccc1)OC)N(C)C(=O)C(NC(=O)C(C(C)C)N(C)C(=O)OCc1ccc(NC(=O)C(COC2OC(CO)C(O)C(O)C2O)NC(=O)C(NC(=O)CN2C(=O)C=CC2=O)C(C)C)cc1)C(C)C. The number of ether oxygens (including phenoxy) is 7. The fourth-order valence-electron chi connectivity index (χ4n) is 13.7. The Morgan fingerprint density at radius 2 is 1.28 bits per heavy atom. The van der Waals surface area contributed by atoms with E-state index in [1.165, 1.54) is 50.4 Å². The predicted molar refractivity (Wildman–Crippen MR) is 381 cm³/mol. The Morgan fingerprint density at radius 1 is 0.667 bits per heavy atom. The largest absolute Gasteiger partial charge is 0.479 e. The van der Waals surface area contributed by atoms with Crippen molar-refractivity contribution in [2.45, 2.75) is 224 Å². The summed E-state index contributed by atoms with van der Waals surface area (Å²) in [6, 6.07) is 6.80. The number of benzene rings is 2. The summed E-state index contributed by atoms with van der Waals surface area (Å²) < 4.78 is 40.4. The molecule has 0 radical (unpaired) electrons. The van der Waals surface area contributed by atoms with E-state index >= 15 is 0 Å². The van der Waals surface area contributed by atoms with Crippen molar-refractivity contribution in [3.8, 4) is 0 Å². The van der Waals surface area contributed by atoms with Crippen LogP contribution >= 0.6 is 0 Å². The van der Waals surface area contributed by atoms with E-state index < -0.39 is 225 Å². The number of carboxylic acids is 1. The van der Waals surface area contributed by atoms with E-state index in [4.69, 9.17) is 33.2 Å². The average molecular weight is 1530 g/mol. The van der Waals surface area contributed by atoms with Crippen LogP contribution in [0.3, 0.4) is 0 Å². The lowest BCUT2D eigenvalue weighted by Gasteiger charge is -2.41. The number of anilines is 1. The van der Waals surface area contributed by atoms with Gasteiger partial charge >= 0.3 is 12.1 Å². The number of aliphatic carboxylic acids is 1. The third kappa shape index (κ3) is 22.3. The molecule has 22 unspecified atom stereocenters. The molecule has 2 aromatic rings. The molecule has 4 heterocycles. The van der Waals surface area contributed by atoms with E-state index in [1.807, 2.05) is 13.8 Å². The molecule has 3 fully saturated rings. The lowest BCUT2D eigenvalue weighted by molar-refractivity contribution is -0.307. The Balaban J connectivity index is 1.08. The highest BCUT2D eigenvalue weighted by Gasteiger charge is 2.50. The van der Waals surface area contributed by atoms with Gasteiger partial charge in [0.15, 0.2) is 18.7 Å². The summed E-state index contributed by atoms with van der Waals surface area (Å²) in [7, 11) is 5.81. The zero-order chi connectivity index (χ0) is 80.5. The van der Waals surface area contributed by atoms with Crippen molar-refractivity contribution in [2.75, 3.05) is 59.9 Å². The topological polar surface area (TPSA) is 487 Å². The molecule has 13 N–H and O–H groups in total. The first-order valence-corrected chi connectivity index (χ1v) is 36.1. The van der Waals surface area contributed by atoms with E-state index in [2.05, 4.69) is 26.6 Å². The number of aliphatic hydroxyl groups excluding tert-OH is 7. The summed E-state index contributed by atoms with van der Waals surface area (Å²) in [6.07, 6.45) is -18.5. The Morgan fingerprint density at radius 3 is 1.84 bits per heavy atom. The van der Waals surface area contributed by atoms with Gasteiger partial charge in [-0.1, -0.05) is 111 Å². The summed E-state index contributed by atoms with van der Waals surface area (Å²) in [4.78, 5) is 154. The van der Waals surface area contributed by atoms with E-state index in [9.17, 15) is 93.6 Å². The summed E-state index contributed by atoms with van der Waals surface area (Å²) in [5.41, 5.74) is 1.04. The van der Waals surface area contributed by atoms with Crippen LogP contribution in [0.1, 0.15) is 112 Å². The van der Waals surface area contributed by atoms with Crippen LogP contribution in [0.25, 0.3) is 0 Å². The highest BCUT2D eigenvalue weighted by atomic mass is 16.7. The molecule has 10 amide bonds. The van der Waals surface area contributed by atoms with Crippen LogP contribution in [0, 0.1) is 29.6 Å². The zero-order valence-electron chi connectivity index (χ0n) is 63.4. The molecular formula is C73H109N9O26. The van der Waals surface area contributed by atoms with Gasteiger partial charge in [0.25, 0.3) is 11.8 Å². The molecule has 0 aliphatic carbocycles. The van der Waals surface area contributed by atoms with Crippen LogP contribution in [0.5, 0.6) is 0 Å². The van der Waals surface area contributed by atoms with Crippen molar-refractivity contribution in [2.24, 2.45) is 29.6 Å². The maximum Gasteiger partial charge on any atom is 0.410 e. The van der Waals surface area contributed by atoms with E-state index in [0.29, 0.717) is 41.8 Å². The molecule has 602 valence electrons. The number of likely N-dealkylation sites (N-methyl/N-ethyl adjacent to an activating group) is 2. The van der Waals surface area contributed by atoms with Gasteiger partial charge in [-0.2, -0.15) is 0 Å². The second-order valence-electron chi connectivity index (χ2n) is 28.8. The van der Waals surface area contributed by atoms with Gasteiger partial charge in [-0.25, -0.2) is 9.59 Å². The second-order valence-corrected chi connectivity index (χ2v) is 28.8. The fourth-order valence-corrected chi connectivity index (χ4v) is 13.7. The molecule has 4 aliphatic heterocycles. The molecule has 4 aliphatic rings. The minimum atomic E-state index is -1.96. The van der Waals surface area contributed by atoms with Crippen LogP contribution in [-0.4, -0.2) is 296 Å². The van der Waals surface area contributed by atoms with Crippen LogP contribution in [-0.2, 0) is 87.7 Å². The van der Waals surface area contributed by atoms with Gasteiger partial charge in [0, 0.05) is 52.7 Å². The Bertz CT molecular complexity index is 3410. The number of hydrogen-bond donors (Lipinski definition) is 13.